The topological polar surface area (TPSA) is 36.9 Å². The zero-order valence-corrected chi connectivity index (χ0v) is 10.3. The molecule has 1 fully saturated rings. The van der Waals surface area contributed by atoms with E-state index in [9.17, 15) is 0 Å². The van der Waals surface area contributed by atoms with Crippen LogP contribution >= 0.6 is 0 Å². The lowest BCUT2D eigenvalue weighted by atomic mass is 10.1. The first-order valence-electron chi connectivity index (χ1n) is 6.30. The molecule has 1 aromatic rings. The zero-order chi connectivity index (χ0) is 12.2. The van der Waals surface area contributed by atoms with Crippen molar-refractivity contribution in [2.24, 2.45) is 5.10 Å². The lowest BCUT2D eigenvalue weighted by Crippen LogP contribution is -2.37. The van der Waals surface area contributed by atoms with Crippen molar-refractivity contribution in [1.29, 1.82) is 0 Å². The van der Waals surface area contributed by atoms with Gasteiger partial charge in [-0.25, -0.2) is 0 Å². The van der Waals surface area contributed by atoms with Crippen LogP contribution in [0.4, 0.5) is 5.69 Å². The Morgan fingerprint density at radius 3 is 2.94 bits per heavy atom. The van der Waals surface area contributed by atoms with Gasteiger partial charge in [0.1, 0.15) is 0 Å². The maximum atomic E-state index is 5.36. The van der Waals surface area contributed by atoms with Crippen LogP contribution in [0.1, 0.15) is 5.56 Å². The van der Waals surface area contributed by atoms with Gasteiger partial charge in [-0.05, 0) is 23.3 Å². The highest BCUT2D eigenvalue weighted by molar-refractivity contribution is 5.90. The van der Waals surface area contributed by atoms with Crippen molar-refractivity contribution in [3.63, 3.8) is 0 Å². The molecule has 4 nitrogen and oxygen atoms in total. The number of anilines is 1. The molecule has 94 valence electrons. The Morgan fingerprint density at radius 1 is 1.22 bits per heavy atom. The highest BCUT2D eigenvalue weighted by Crippen LogP contribution is 2.20. The molecule has 2 heterocycles. The molecule has 0 aliphatic carbocycles. The van der Waals surface area contributed by atoms with E-state index < -0.39 is 0 Å². The number of hydrogen-bond donors (Lipinski definition) is 1. The first-order valence-corrected chi connectivity index (χ1v) is 6.30. The summed E-state index contributed by atoms with van der Waals surface area (Å²) in [6.45, 7) is 4.60. The Bertz CT molecular complexity index is 476. The smallest absolute Gasteiger partial charge is 0.0634 e. The number of rotatable bonds is 2. The molecule has 18 heavy (non-hydrogen) atoms. The third-order valence-electron chi connectivity index (χ3n) is 3.23. The molecule has 2 aliphatic rings. The minimum atomic E-state index is 0.833. The number of hydrogen-bond acceptors (Lipinski definition) is 4. The van der Waals surface area contributed by atoms with E-state index in [2.05, 4.69) is 33.6 Å². The summed E-state index contributed by atoms with van der Waals surface area (Å²) < 4.78 is 5.36. The van der Waals surface area contributed by atoms with Gasteiger partial charge in [0.25, 0.3) is 0 Å². The molecule has 1 N–H and O–H groups in total. The molecule has 0 aromatic heterocycles. The van der Waals surface area contributed by atoms with Gasteiger partial charge in [-0.3, -0.25) is 10.3 Å². The Labute approximate surface area is 107 Å². The number of ether oxygens (including phenoxy) is 1. The number of nitrogens with one attached hydrogen (secondary N) is 1. The number of morpholine rings is 1. The normalized spacial score (nSPS) is 19.7. The summed E-state index contributed by atoms with van der Waals surface area (Å²) >= 11 is 0. The van der Waals surface area contributed by atoms with Gasteiger partial charge < -0.3 is 4.74 Å². The van der Waals surface area contributed by atoms with Gasteiger partial charge in [0.2, 0.25) is 0 Å². The van der Waals surface area contributed by atoms with Crippen molar-refractivity contribution in [2.75, 3.05) is 38.3 Å². The van der Waals surface area contributed by atoms with E-state index in [1.54, 1.807) is 0 Å². The highest BCUT2D eigenvalue weighted by atomic mass is 16.5. The molecule has 0 saturated carbocycles. The second-order valence-electron chi connectivity index (χ2n) is 4.57. The van der Waals surface area contributed by atoms with Gasteiger partial charge in [0.15, 0.2) is 0 Å². The number of nitrogens with zero attached hydrogens (tertiary/aromatic N) is 2. The standard InChI is InChI=1S/C14H17N3O/c1-2-4-14-13(3-1)9-12(10-15-16-14)11-17-5-7-18-8-6-17/h1-4,9-10,16H,5-8,11H2. The molecule has 4 heteroatoms. The summed E-state index contributed by atoms with van der Waals surface area (Å²) in [5.74, 6) is 0. The number of fused-ring (bicyclic) bond motifs is 1. The second-order valence-corrected chi connectivity index (χ2v) is 4.57. The van der Waals surface area contributed by atoms with Crippen LogP contribution in [0.3, 0.4) is 0 Å². The molecule has 3 rings (SSSR count). The largest absolute Gasteiger partial charge is 0.379 e. The van der Waals surface area contributed by atoms with E-state index in [0.29, 0.717) is 0 Å². The van der Waals surface area contributed by atoms with E-state index in [4.69, 9.17) is 4.74 Å². The average molecular weight is 243 g/mol. The van der Waals surface area contributed by atoms with Gasteiger partial charge >= 0.3 is 0 Å². The van der Waals surface area contributed by atoms with E-state index in [1.165, 1.54) is 11.1 Å². The van der Waals surface area contributed by atoms with E-state index in [0.717, 1.165) is 38.5 Å². The highest BCUT2D eigenvalue weighted by Gasteiger charge is 2.12. The predicted octanol–water partition coefficient (Wildman–Crippen LogP) is 1.81. The van der Waals surface area contributed by atoms with Crippen molar-refractivity contribution >= 4 is 18.0 Å². The fraction of sp³-hybridized carbons (Fsp3) is 0.357. The zero-order valence-electron chi connectivity index (χ0n) is 10.3. The van der Waals surface area contributed by atoms with Crippen molar-refractivity contribution < 1.29 is 4.74 Å². The Hall–Kier alpha value is -1.65. The quantitative estimate of drug-likeness (QED) is 0.860. The molecular weight excluding hydrogens is 226 g/mol. The summed E-state index contributed by atoms with van der Waals surface area (Å²) in [6, 6.07) is 8.22. The van der Waals surface area contributed by atoms with Gasteiger partial charge in [0, 0.05) is 19.6 Å². The van der Waals surface area contributed by atoms with Crippen LogP contribution in [0.25, 0.3) is 6.08 Å². The third kappa shape index (κ3) is 2.60. The van der Waals surface area contributed by atoms with Crippen LogP contribution in [0.15, 0.2) is 34.9 Å². The number of para-hydroxylation sites is 1. The monoisotopic (exact) mass is 243 g/mol. The molecule has 0 radical (unpaired) electrons. The van der Waals surface area contributed by atoms with E-state index in [1.807, 2.05) is 18.3 Å². The summed E-state index contributed by atoms with van der Waals surface area (Å²) in [5.41, 5.74) is 6.55. The Kier molecular flexibility index (Phi) is 3.39. The van der Waals surface area contributed by atoms with Crippen molar-refractivity contribution in [3.05, 3.63) is 35.4 Å². The summed E-state index contributed by atoms with van der Waals surface area (Å²) in [6.07, 6.45) is 4.11. The van der Waals surface area contributed by atoms with E-state index in [-0.39, 0.29) is 0 Å². The molecular formula is C14H17N3O. The van der Waals surface area contributed by atoms with Crippen LogP contribution in [0, 0.1) is 0 Å². The molecule has 1 aromatic carbocycles. The number of hydrazone groups is 1. The van der Waals surface area contributed by atoms with Gasteiger partial charge in [-0.15, -0.1) is 0 Å². The number of benzene rings is 1. The predicted molar refractivity (Wildman–Crippen MR) is 73.8 cm³/mol. The molecule has 0 spiro atoms. The minimum absolute atomic E-state index is 0.833. The molecule has 0 amide bonds. The molecule has 0 atom stereocenters. The maximum absolute atomic E-state index is 5.36. The maximum Gasteiger partial charge on any atom is 0.0634 e. The van der Waals surface area contributed by atoms with E-state index >= 15 is 0 Å². The molecule has 0 unspecified atom stereocenters. The van der Waals surface area contributed by atoms with Gasteiger partial charge in [-0.2, -0.15) is 5.10 Å². The second kappa shape index (κ2) is 5.33. The molecule has 2 aliphatic heterocycles. The minimum Gasteiger partial charge on any atom is -0.379 e. The van der Waals surface area contributed by atoms with Crippen LogP contribution in [-0.2, 0) is 4.74 Å². The lowest BCUT2D eigenvalue weighted by molar-refractivity contribution is 0.0430. The fourth-order valence-electron chi connectivity index (χ4n) is 2.25. The Morgan fingerprint density at radius 2 is 2.06 bits per heavy atom. The molecule has 1 saturated heterocycles. The van der Waals surface area contributed by atoms with Crippen LogP contribution < -0.4 is 5.43 Å². The first kappa shape index (κ1) is 11.4. The van der Waals surface area contributed by atoms with Gasteiger partial charge in [0.05, 0.1) is 25.1 Å². The van der Waals surface area contributed by atoms with Crippen LogP contribution in [0.5, 0.6) is 0 Å². The first-order chi connectivity index (χ1) is 8.92. The molecule has 0 bridgehead atoms. The summed E-state index contributed by atoms with van der Waals surface area (Å²) in [4.78, 5) is 2.40. The van der Waals surface area contributed by atoms with Gasteiger partial charge in [-0.1, -0.05) is 18.2 Å². The summed E-state index contributed by atoms with van der Waals surface area (Å²) in [7, 11) is 0. The van der Waals surface area contributed by atoms with Crippen molar-refractivity contribution in [2.45, 2.75) is 0 Å². The van der Waals surface area contributed by atoms with Crippen LogP contribution in [0.2, 0.25) is 0 Å². The fourth-order valence-corrected chi connectivity index (χ4v) is 2.25. The SMILES string of the molecule is C1=NNc2ccccc2C=C1CN1CCOCC1. The van der Waals surface area contributed by atoms with Crippen LogP contribution in [-0.4, -0.2) is 44.0 Å². The Balaban J connectivity index is 1.77. The summed E-state index contributed by atoms with van der Waals surface area (Å²) in [5, 5.41) is 4.26. The lowest BCUT2D eigenvalue weighted by Gasteiger charge is -2.26. The van der Waals surface area contributed by atoms with Crippen molar-refractivity contribution in [1.82, 2.24) is 4.90 Å². The third-order valence-corrected chi connectivity index (χ3v) is 3.23. The van der Waals surface area contributed by atoms with Crippen molar-refractivity contribution in [3.8, 4) is 0 Å². The average Bonchev–Trinajstić information content (AvgIpc) is 2.61.